The third-order valence-corrected chi connectivity index (χ3v) is 5.39. The van der Waals surface area contributed by atoms with E-state index in [1.807, 2.05) is 6.07 Å². The van der Waals surface area contributed by atoms with Gasteiger partial charge in [-0.1, -0.05) is 43.6 Å². The number of nitrogens with one attached hydrogen (secondary N) is 1. The topological polar surface area (TPSA) is 15.8 Å². The molecule has 1 aromatic heterocycles. The summed E-state index contributed by atoms with van der Waals surface area (Å²) in [6.07, 6.45) is 2.05. The molecule has 2 aromatic carbocycles. The molecule has 0 atom stereocenters. The summed E-state index contributed by atoms with van der Waals surface area (Å²) in [7, 11) is 0. The van der Waals surface area contributed by atoms with Gasteiger partial charge >= 0.3 is 0 Å². The highest BCUT2D eigenvalue weighted by Gasteiger charge is 2.09. The maximum atomic E-state index is 3.58. The number of hydrogen-bond donors (Lipinski definition) is 1. The lowest BCUT2D eigenvalue weighted by Gasteiger charge is -2.02. The predicted octanol–water partition coefficient (Wildman–Crippen LogP) is 6.61. The van der Waals surface area contributed by atoms with Gasteiger partial charge in [0.05, 0.1) is 5.52 Å². The van der Waals surface area contributed by atoms with Crippen molar-refractivity contribution in [1.82, 2.24) is 4.98 Å². The maximum Gasteiger partial charge on any atom is 0.0610 e. The largest absolute Gasteiger partial charge is 0.359 e. The lowest BCUT2D eigenvalue weighted by atomic mass is 10.2. The molecule has 0 spiro atoms. The highest BCUT2D eigenvalue weighted by atomic mass is 79.9. The standard InChI is InChI=1S/C14H8Br3NS/c15-8-1-3-10(4-2-8)19-13-7-18-14-11(13)5-9(16)6-12(14)17/h1-7,18H. The normalized spacial score (nSPS) is 11.1. The maximum absolute atomic E-state index is 3.58. The van der Waals surface area contributed by atoms with Crippen LogP contribution in [0.25, 0.3) is 10.9 Å². The number of H-pyrrole nitrogens is 1. The van der Waals surface area contributed by atoms with Crippen LogP contribution in [0, 0.1) is 0 Å². The molecule has 1 N–H and O–H groups in total. The Labute approximate surface area is 140 Å². The summed E-state index contributed by atoms with van der Waals surface area (Å²) in [6, 6.07) is 12.5. The molecule has 0 aliphatic heterocycles. The third kappa shape index (κ3) is 2.94. The highest BCUT2D eigenvalue weighted by Crippen LogP contribution is 2.37. The lowest BCUT2D eigenvalue weighted by molar-refractivity contribution is 1.39. The van der Waals surface area contributed by atoms with Crippen LogP contribution in [0.1, 0.15) is 0 Å². The van der Waals surface area contributed by atoms with Gasteiger partial charge in [-0.2, -0.15) is 0 Å². The number of halogens is 3. The summed E-state index contributed by atoms with van der Waals surface area (Å²) >= 11 is 12.3. The van der Waals surface area contributed by atoms with Crippen LogP contribution in [0.5, 0.6) is 0 Å². The molecule has 1 nitrogen and oxygen atoms in total. The quantitative estimate of drug-likeness (QED) is 0.454. The van der Waals surface area contributed by atoms with Crippen LogP contribution in [0.2, 0.25) is 0 Å². The minimum atomic E-state index is 1.07. The van der Waals surface area contributed by atoms with Crippen LogP contribution < -0.4 is 0 Å². The van der Waals surface area contributed by atoms with Crippen molar-refractivity contribution in [3.8, 4) is 0 Å². The fourth-order valence-corrected chi connectivity index (χ4v) is 4.36. The van der Waals surface area contributed by atoms with Crippen molar-refractivity contribution in [2.75, 3.05) is 0 Å². The average Bonchev–Trinajstić information content (AvgIpc) is 2.76. The molecule has 0 aliphatic carbocycles. The molecule has 0 bridgehead atoms. The fourth-order valence-electron chi connectivity index (χ4n) is 1.84. The highest BCUT2D eigenvalue weighted by molar-refractivity contribution is 9.11. The molecule has 0 aliphatic rings. The molecular formula is C14H8Br3NS. The Hall–Kier alpha value is -0.230. The second-order valence-corrected chi connectivity index (χ2v) is 7.82. The summed E-state index contributed by atoms with van der Waals surface area (Å²) < 4.78 is 3.24. The molecule has 5 heteroatoms. The molecule has 1 heterocycles. The van der Waals surface area contributed by atoms with Gasteiger partial charge in [0.2, 0.25) is 0 Å². The summed E-state index contributed by atoms with van der Waals surface area (Å²) in [6.45, 7) is 0. The van der Waals surface area contributed by atoms with Crippen molar-refractivity contribution in [2.24, 2.45) is 0 Å². The monoisotopic (exact) mass is 459 g/mol. The van der Waals surface area contributed by atoms with E-state index in [0.29, 0.717) is 0 Å². The van der Waals surface area contributed by atoms with Crippen molar-refractivity contribution in [3.63, 3.8) is 0 Å². The van der Waals surface area contributed by atoms with Gasteiger partial charge in [-0.05, 0) is 52.3 Å². The van der Waals surface area contributed by atoms with Crippen molar-refractivity contribution >= 4 is 70.5 Å². The zero-order valence-corrected chi connectivity index (χ0v) is 15.2. The van der Waals surface area contributed by atoms with E-state index in [4.69, 9.17) is 0 Å². The molecular weight excluding hydrogens is 454 g/mol. The average molecular weight is 462 g/mol. The zero-order chi connectivity index (χ0) is 13.4. The smallest absolute Gasteiger partial charge is 0.0610 e. The number of rotatable bonds is 2. The van der Waals surface area contributed by atoms with Gasteiger partial charge in [-0.3, -0.25) is 0 Å². The van der Waals surface area contributed by atoms with E-state index in [1.54, 1.807) is 11.8 Å². The molecule has 0 unspecified atom stereocenters. The Morgan fingerprint density at radius 3 is 2.37 bits per heavy atom. The van der Waals surface area contributed by atoms with Crippen LogP contribution in [-0.2, 0) is 0 Å². The molecule has 3 aromatic rings. The molecule has 19 heavy (non-hydrogen) atoms. The van der Waals surface area contributed by atoms with Gasteiger partial charge in [0, 0.05) is 34.8 Å². The van der Waals surface area contributed by atoms with Gasteiger partial charge in [0.25, 0.3) is 0 Å². The Kier molecular flexibility index (Phi) is 4.08. The number of hydrogen-bond acceptors (Lipinski definition) is 1. The van der Waals surface area contributed by atoms with Crippen LogP contribution in [0.15, 0.2) is 65.8 Å². The predicted molar refractivity (Wildman–Crippen MR) is 92.0 cm³/mol. The van der Waals surface area contributed by atoms with Crippen LogP contribution in [0.4, 0.5) is 0 Å². The molecule has 0 amide bonds. The van der Waals surface area contributed by atoms with Gasteiger partial charge in [0.1, 0.15) is 0 Å². The molecule has 0 saturated carbocycles. The van der Waals surface area contributed by atoms with Gasteiger partial charge in [0.15, 0.2) is 0 Å². The SMILES string of the molecule is Brc1ccc(Sc2c[nH]c3c(Br)cc(Br)cc23)cc1. The Bertz CT molecular complexity index is 734. The first-order valence-corrected chi connectivity index (χ1v) is 8.72. The van der Waals surface area contributed by atoms with E-state index < -0.39 is 0 Å². The number of fused-ring (bicyclic) bond motifs is 1. The van der Waals surface area contributed by atoms with Crippen LogP contribution >= 0.6 is 59.6 Å². The van der Waals surface area contributed by atoms with Crippen LogP contribution in [-0.4, -0.2) is 4.98 Å². The van der Waals surface area contributed by atoms with E-state index in [-0.39, 0.29) is 0 Å². The van der Waals surface area contributed by atoms with Crippen molar-refractivity contribution in [3.05, 3.63) is 56.0 Å². The lowest BCUT2D eigenvalue weighted by Crippen LogP contribution is -1.74. The minimum Gasteiger partial charge on any atom is -0.359 e. The van der Waals surface area contributed by atoms with E-state index in [0.717, 1.165) is 18.9 Å². The molecule has 0 radical (unpaired) electrons. The first-order chi connectivity index (χ1) is 9.13. The molecule has 3 rings (SSSR count). The first-order valence-electron chi connectivity index (χ1n) is 5.53. The van der Waals surface area contributed by atoms with Gasteiger partial charge < -0.3 is 4.98 Å². The van der Waals surface area contributed by atoms with E-state index in [2.05, 4.69) is 89.3 Å². The van der Waals surface area contributed by atoms with Gasteiger partial charge in [-0.15, -0.1) is 0 Å². The van der Waals surface area contributed by atoms with Gasteiger partial charge in [-0.25, -0.2) is 0 Å². The minimum absolute atomic E-state index is 1.07. The number of aromatic nitrogens is 1. The molecule has 0 fully saturated rings. The molecule has 96 valence electrons. The zero-order valence-electron chi connectivity index (χ0n) is 9.58. The third-order valence-electron chi connectivity index (χ3n) is 2.71. The van der Waals surface area contributed by atoms with E-state index in [9.17, 15) is 0 Å². The van der Waals surface area contributed by atoms with E-state index in [1.165, 1.54) is 15.2 Å². The second-order valence-electron chi connectivity index (χ2n) is 4.02. The number of aromatic amines is 1. The Balaban J connectivity index is 2.03. The Morgan fingerprint density at radius 2 is 1.63 bits per heavy atom. The van der Waals surface area contributed by atoms with Crippen molar-refractivity contribution in [1.29, 1.82) is 0 Å². The summed E-state index contributed by atoms with van der Waals surface area (Å²) in [5.41, 5.74) is 1.13. The summed E-state index contributed by atoms with van der Waals surface area (Å²) in [5, 5.41) is 1.22. The number of benzene rings is 2. The van der Waals surface area contributed by atoms with Crippen LogP contribution in [0.3, 0.4) is 0 Å². The van der Waals surface area contributed by atoms with Crippen molar-refractivity contribution in [2.45, 2.75) is 9.79 Å². The fraction of sp³-hybridized carbons (Fsp3) is 0. The first kappa shape index (κ1) is 13.7. The summed E-state index contributed by atoms with van der Waals surface area (Å²) in [5.74, 6) is 0. The van der Waals surface area contributed by atoms with Crippen molar-refractivity contribution < 1.29 is 0 Å². The second kappa shape index (κ2) is 5.64. The summed E-state index contributed by atoms with van der Waals surface area (Å²) in [4.78, 5) is 5.76. The Morgan fingerprint density at radius 1 is 0.895 bits per heavy atom. The van der Waals surface area contributed by atoms with E-state index >= 15 is 0 Å². The molecule has 0 saturated heterocycles.